The minimum Gasteiger partial charge on any atom is -0.494 e. The summed E-state index contributed by atoms with van der Waals surface area (Å²) in [6, 6.07) is 11.2. The third kappa shape index (κ3) is 3.58. The Morgan fingerprint density at radius 3 is 2.33 bits per heavy atom. The minimum atomic E-state index is -0.393. The fourth-order valence-corrected chi connectivity index (χ4v) is 2.33. The summed E-state index contributed by atoms with van der Waals surface area (Å²) < 4.78 is 32.2. The molecule has 2 atom stereocenters. The normalized spacial score (nSPS) is 13.8. The van der Waals surface area contributed by atoms with Crippen molar-refractivity contribution in [2.75, 3.05) is 7.11 Å². The van der Waals surface area contributed by atoms with Gasteiger partial charge >= 0.3 is 0 Å². The molecule has 0 aliphatic rings. The standard InChI is InChI=1S/C17H19F2NO/c1-11(13-8-9-16(19)17(10-13)21-3)20-12(2)14-6-4-5-7-15(14)18/h4-12,20H,1-3H3. The van der Waals surface area contributed by atoms with Crippen molar-refractivity contribution < 1.29 is 13.5 Å². The van der Waals surface area contributed by atoms with Gasteiger partial charge in [-0.25, -0.2) is 8.78 Å². The maximum atomic E-state index is 13.8. The fraction of sp³-hybridized carbons (Fsp3) is 0.294. The largest absolute Gasteiger partial charge is 0.494 e. The lowest BCUT2D eigenvalue weighted by Crippen LogP contribution is -2.23. The molecule has 0 amide bonds. The van der Waals surface area contributed by atoms with Crippen molar-refractivity contribution in [1.29, 1.82) is 0 Å². The van der Waals surface area contributed by atoms with E-state index >= 15 is 0 Å². The molecular weight excluding hydrogens is 272 g/mol. The molecule has 2 aromatic carbocycles. The van der Waals surface area contributed by atoms with Crippen LogP contribution in [0.15, 0.2) is 42.5 Å². The monoisotopic (exact) mass is 291 g/mol. The molecule has 0 saturated heterocycles. The van der Waals surface area contributed by atoms with Crippen LogP contribution in [0.5, 0.6) is 5.75 Å². The predicted molar refractivity (Wildman–Crippen MR) is 79.3 cm³/mol. The number of methoxy groups -OCH3 is 1. The van der Waals surface area contributed by atoms with Crippen LogP contribution >= 0.6 is 0 Å². The third-order valence-electron chi connectivity index (χ3n) is 3.55. The molecule has 0 spiro atoms. The van der Waals surface area contributed by atoms with Gasteiger partial charge in [-0.1, -0.05) is 24.3 Å². The number of benzene rings is 2. The highest BCUT2D eigenvalue weighted by atomic mass is 19.1. The van der Waals surface area contributed by atoms with E-state index in [0.717, 1.165) is 5.56 Å². The highest BCUT2D eigenvalue weighted by Gasteiger charge is 2.15. The van der Waals surface area contributed by atoms with E-state index in [9.17, 15) is 8.78 Å². The number of nitrogens with one attached hydrogen (secondary N) is 1. The smallest absolute Gasteiger partial charge is 0.165 e. The summed E-state index contributed by atoms with van der Waals surface area (Å²) in [6.45, 7) is 3.85. The summed E-state index contributed by atoms with van der Waals surface area (Å²) in [5.74, 6) is -0.420. The number of halogens is 2. The second-order valence-corrected chi connectivity index (χ2v) is 5.03. The lowest BCUT2D eigenvalue weighted by atomic mass is 10.0. The van der Waals surface area contributed by atoms with Crippen molar-refractivity contribution >= 4 is 0 Å². The van der Waals surface area contributed by atoms with Gasteiger partial charge in [-0.15, -0.1) is 0 Å². The lowest BCUT2D eigenvalue weighted by Gasteiger charge is -2.21. The van der Waals surface area contributed by atoms with Crippen molar-refractivity contribution in [3.05, 3.63) is 65.2 Å². The molecule has 4 heteroatoms. The maximum Gasteiger partial charge on any atom is 0.165 e. The number of ether oxygens (including phenoxy) is 1. The van der Waals surface area contributed by atoms with E-state index < -0.39 is 5.82 Å². The molecule has 2 rings (SSSR count). The van der Waals surface area contributed by atoms with Gasteiger partial charge in [-0.2, -0.15) is 0 Å². The number of hydrogen-bond donors (Lipinski definition) is 1. The topological polar surface area (TPSA) is 21.3 Å². The predicted octanol–water partition coefficient (Wildman–Crippen LogP) is 4.39. The molecule has 0 aliphatic carbocycles. The summed E-state index contributed by atoms with van der Waals surface area (Å²) in [7, 11) is 1.43. The second-order valence-electron chi connectivity index (χ2n) is 5.03. The molecule has 2 nitrogen and oxygen atoms in total. The quantitative estimate of drug-likeness (QED) is 0.882. The maximum absolute atomic E-state index is 13.8. The molecule has 2 aromatic rings. The van der Waals surface area contributed by atoms with E-state index in [1.165, 1.54) is 19.2 Å². The third-order valence-corrected chi connectivity index (χ3v) is 3.55. The van der Waals surface area contributed by atoms with Gasteiger partial charge in [0.15, 0.2) is 11.6 Å². The number of hydrogen-bond acceptors (Lipinski definition) is 2. The molecule has 0 aliphatic heterocycles. The second kappa shape index (κ2) is 6.68. The first-order chi connectivity index (χ1) is 10.0. The van der Waals surface area contributed by atoms with E-state index in [-0.39, 0.29) is 23.7 Å². The van der Waals surface area contributed by atoms with Gasteiger partial charge in [-0.05, 0) is 37.6 Å². The Kier molecular flexibility index (Phi) is 4.91. The Hall–Kier alpha value is -1.94. The zero-order valence-electron chi connectivity index (χ0n) is 12.4. The molecular formula is C17H19F2NO. The van der Waals surface area contributed by atoms with Crippen LogP contribution in [-0.2, 0) is 0 Å². The van der Waals surface area contributed by atoms with Crippen LogP contribution in [0.2, 0.25) is 0 Å². The Balaban J connectivity index is 2.14. The number of rotatable bonds is 5. The van der Waals surface area contributed by atoms with Crippen LogP contribution in [0.25, 0.3) is 0 Å². The summed E-state index contributed by atoms with van der Waals surface area (Å²) in [4.78, 5) is 0. The average molecular weight is 291 g/mol. The first kappa shape index (κ1) is 15.4. The SMILES string of the molecule is COc1cc(C(C)NC(C)c2ccccc2F)ccc1F. The Bertz CT molecular complexity index is 615. The fourth-order valence-electron chi connectivity index (χ4n) is 2.33. The van der Waals surface area contributed by atoms with Crippen LogP contribution in [-0.4, -0.2) is 7.11 Å². The van der Waals surface area contributed by atoms with Crippen LogP contribution < -0.4 is 10.1 Å². The summed E-state index contributed by atoms with van der Waals surface area (Å²) >= 11 is 0. The van der Waals surface area contributed by atoms with Crippen molar-refractivity contribution in [3.8, 4) is 5.75 Å². The van der Waals surface area contributed by atoms with Crippen molar-refractivity contribution in [1.82, 2.24) is 5.32 Å². The van der Waals surface area contributed by atoms with Crippen LogP contribution in [0.4, 0.5) is 8.78 Å². The van der Waals surface area contributed by atoms with E-state index in [0.29, 0.717) is 5.56 Å². The molecule has 0 radical (unpaired) electrons. The first-order valence-corrected chi connectivity index (χ1v) is 6.87. The molecule has 1 N–H and O–H groups in total. The van der Waals surface area contributed by atoms with E-state index in [4.69, 9.17) is 4.74 Å². The van der Waals surface area contributed by atoms with Gasteiger partial charge in [0.05, 0.1) is 7.11 Å². The molecule has 0 aromatic heterocycles. The summed E-state index contributed by atoms with van der Waals surface area (Å²) in [6.07, 6.45) is 0. The zero-order valence-corrected chi connectivity index (χ0v) is 12.4. The molecule has 112 valence electrons. The zero-order chi connectivity index (χ0) is 15.4. The van der Waals surface area contributed by atoms with Crippen molar-refractivity contribution in [2.24, 2.45) is 0 Å². The highest BCUT2D eigenvalue weighted by molar-refractivity contribution is 5.32. The summed E-state index contributed by atoms with van der Waals surface area (Å²) in [5, 5.41) is 3.31. The van der Waals surface area contributed by atoms with E-state index in [2.05, 4.69) is 5.32 Å². The van der Waals surface area contributed by atoms with Crippen LogP contribution in [0.1, 0.15) is 37.1 Å². The molecule has 21 heavy (non-hydrogen) atoms. The summed E-state index contributed by atoms with van der Waals surface area (Å²) in [5.41, 5.74) is 1.50. The van der Waals surface area contributed by atoms with E-state index in [1.807, 2.05) is 19.9 Å². The van der Waals surface area contributed by atoms with Crippen molar-refractivity contribution in [2.45, 2.75) is 25.9 Å². The Morgan fingerprint density at radius 1 is 0.952 bits per heavy atom. The molecule has 0 heterocycles. The van der Waals surface area contributed by atoms with Gasteiger partial charge in [0, 0.05) is 17.6 Å². The van der Waals surface area contributed by atoms with Gasteiger partial charge in [0.25, 0.3) is 0 Å². The Labute approximate surface area is 123 Å². The van der Waals surface area contributed by atoms with Gasteiger partial charge in [0.2, 0.25) is 0 Å². The molecule has 0 fully saturated rings. The van der Waals surface area contributed by atoms with Crippen LogP contribution in [0, 0.1) is 11.6 Å². The highest BCUT2D eigenvalue weighted by Crippen LogP contribution is 2.25. The van der Waals surface area contributed by atoms with Gasteiger partial charge in [0.1, 0.15) is 5.82 Å². The van der Waals surface area contributed by atoms with Gasteiger partial charge in [-0.3, -0.25) is 0 Å². The molecule has 0 saturated carbocycles. The molecule has 2 unspecified atom stereocenters. The Morgan fingerprint density at radius 2 is 1.67 bits per heavy atom. The van der Waals surface area contributed by atoms with E-state index in [1.54, 1.807) is 24.3 Å². The lowest BCUT2D eigenvalue weighted by molar-refractivity contribution is 0.384. The van der Waals surface area contributed by atoms with Gasteiger partial charge < -0.3 is 10.1 Å². The average Bonchev–Trinajstić information content (AvgIpc) is 2.48. The first-order valence-electron chi connectivity index (χ1n) is 6.87. The van der Waals surface area contributed by atoms with Crippen molar-refractivity contribution in [3.63, 3.8) is 0 Å². The minimum absolute atomic E-state index is 0.0610. The molecule has 0 bridgehead atoms. The van der Waals surface area contributed by atoms with Crippen LogP contribution in [0.3, 0.4) is 0 Å².